The normalized spacial score (nSPS) is 14.5. The molecule has 4 heteroatoms. The van der Waals surface area contributed by atoms with Crippen LogP contribution in [0.1, 0.15) is 38.8 Å². The van der Waals surface area contributed by atoms with Gasteiger partial charge < -0.3 is 10.5 Å². The second kappa shape index (κ2) is 6.22. The smallest absolute Gasteiger partial charge is 0.173 e. The molecule has 0 saturated carbocycles. The first-order valence-electron chi connectivity index (χ1n) is 5.88. The topological polar surface area (TPSA) is 35.2 Å². The van der Waals surface area contributed by atoms with E-state index in [1.807, 2.05) is 6.92 Å². The van der Waals surface area contributed by atoms with Gasteiger partial charge in [-0.2, -0.15) is 0 Å². The van der Waals surface area contributed by atoms with Gasteiger partial charge in [-0.05, 0) is 30.5 Å². The largest absolute Gasteiger partial charge is 0.489 e. The van der Waals surface area contributed by atoms with Crippen LogP contribution >= 0.6 is 11.6 Å². The Labute approximate surface area is 107 Å². The van der Waals surface area contributed by atoms with Crippen LogP contribution < -0.4 is 10.5 Å². The molecular weight excluding hydrogens is 241 g/mol. The minimum absolute atomic E-state index is 0.106. The predicted octanol–water partition coefficient (Wildman–Crippen LogP) is 3.92. The SMILES string of the molecule is CCOc1c(F)cc([C@@H](N)C(C)CC)cc1Cl. The van der Waals surface area contributed by atoms with Crippen LogP contribution in [-0.4, -0.2) is 6.61 Å². The fourth-order valence-electron chi connectivity index (χ4n) is 1.64. The zero-order valence-corrected chi connectivity index (χ0v) is 11.2. The fourth-order valence-corrected chi connectivity index (χ4v) is 1.91. The summed E-state index contributed by atoms with van der Waals surface area (Å²) in [7, 11) is 0. The second-order valence-corrected chi connectivity index (χ2v) is 4.57. The van der Waals surface area contributed by atoms with Crippen LogP contribution in [0.2, 0.25) is 5.02 Å². The highest BCUT2D eigenvalue weighted by Gasteiger charge is 2.18. The van der Waals surface area contributed by atoms with Crippen molar-refractivity contribution < 1.29 is 9.13 Å². The van der Waals surface area contributed by atoms with Crippen molar-refractivity contribution >= 4 is 11.6 Å². The van der Waals surface area contributed by atoms with Gasteiger partial charge in [0.25, 0.3) is 0 Å². The molecular formula is C13H19ClFNO. The number of benzene rings is 1. The van der Waals surface area contributed by atoms with Gasteiger partial charge >= 0.3 is 0 Å². The Hall–Kier alpha value is -0.800. The predicted molar refractivity (Wildman–Crippen MR) is 69.0 cm³/mol. The van der Waals surface area contributed by atoms with Gasteiger partial charge in [-0.25, -0.2) is 4.39 Å². The van der Waals surface area contributed by atoms with E-state index in [0.717, 1.165) is 6.42 Å². The van der Waals surface area contributed by atoms with E-state index in [4.69, 9.17) is 22.1 Å². The Morgan fingerprint density at radius 3 is 2.53 bits per heavy atom. The van der Waals surface area contributed by atoms with Crippen LogP contribution in [0.15, 0.2) is 12.1 Å². The molecule has 0 bridgehead atoms. The number of hydrogen-bond donors (Lipinski definition) is 1. The highest BCUT2D eigenvalue weighted by atomic mass is 35.5. The van der Waals surface area contributed by atoms with Gasteiger partial charge in [-0.15, -0.1) is 0 Å². The number of ether oxygens (including phenoxy) is 1. The summed E-state index contributed by atoms with van der Waals surface area (Å²) in [5.41, 5.74) is 6.76. The molecule has 0 aromatic heterocycles. The zero-order chi connectivity index (χ0) is 13.0. The standard InChI is InChI=1S/C13H19ClFNO/c1-4-8(3)12(16)9-6-10(14)13(17-5-2)11(15)7-9/h6-8,12H,4-5,16H2,1-3H3/t8?,12-/m0/s1. The van der Waals surface area contributed by atoms with Crippen molar-refractivity contribution in [3.8, 4) is 5.75 Å². The van der Waals surface area contributed by atoms with E-state index >= 15 is 0 Å². The molecule has 96 valence electrons. The molecule has 2 N–H and O–H groups in total. The van der Waals surface area contributed by atoms with Gasteiger partial charge in [0.2, 0.25) is 0 Å². The van der Waals surface area contributed by atoms with Crippen molar-refractivity contribution in [2.45, 2.75) is 33.2 Å². The molecule has 1 aromatic rings. The third-order valence-corrected chi connectivity index (χ3v) is 3.23. The summed E-state index contributed by atoms with van der Waals surface area (Å²) in [6, 6.07) is 2.89. The van der Waals surface area contributed by atoms with Gasteiger partial charge in [-0.3, -0.25) is 0 Å². The van der Waals surface area contributed by atoms with Crippen LogP contribution in [0.4, 0.5) is 4.39 Å². The molecule has 2 atom stereocenters. The van der Waals surface area contributed by atoms with Crippen molar-refractivity contribution in [1.82, 2.24) is 0 Å². The molecule has 0 aliphatic carbocycles. The first-order valence-corrected chi connectivity index (χ1v) is 6.26. The third-order valence-electron chi connectivity index (χ3n) is 2.95. The molecule has 17 heavy (non-hydrogen) atoms. The summed E-state index contributed by atoms with van der Waals surface area (Å²) < 4.78 is 18.9. The zero-order valence-electron chi connectivity index (χ0n) is 10.5. The summed E-state index contributed by atoms with van der Waals surface area (Å²) in [6.07, 6.45) is 0.938. The fraction of sp³-hybridized carbons (Fsp3) is 0.538. The first kappa shape index (κ1) is 14.3. The lowest BCUT2D eigenvalue weighted by Crippen LogP contribution is -2.18. The summed E-state index contributed by atoms with van der Waals surface area (Å²) in [5.74, 6) is -0.0641. The van der Waals surface area contributed by atoms with Gasteiger partial charge in [0, 0.05) is 6.04 Å². The van der Waals surface area contributed by atoms with E-state index in [9.17, 15) is 4.39 Å². The average Bonchev–Trinajstić information content (AvgIpc) is 2.31. The van der Waals surface area contributed by atoms with E-state index in [0.29, 0.717) is 12.2 Å². The highest BCUT2D eigenvalue weighted by molar-refractivity contribution is 6.32. The molecule has 0 amide bonds. The Balaban J connectivity index is 3.05. The van der Waals surface area contributed by atoms with E-state index in [1.165, 1.54) is 6.07 Å². The number of hydrogen-bond acceptors (Lipinski definition) is 2. The lowest BCUT2D eigenvalue weighted by atomic mass is 9.93. The maximum Gasteiger partial charge on any atom is 0.173 e. The number of nitrogens with two attached hydrogens (primary N) is 1. The average molecular weight is 260 g/mol. The van der Waals surface area contributed by atoms with Crippen molar-refractivity contribution in [3.05, 3.63) is 28.5 Å². The van der Waals surface area contributed by atoms with Gasteiger partial charge in [0.1, 0.15) is 0 Å². The molecule has 0 fully saturated rings. The minimum Gasteiger partial charge on any atom is -0.489 e. The molecule has 1 unspecified atom stereocenters. The lowest BCUT2D eigenvalue weighted by Gasteiger charge is -2.20. The molecule has 2 nitrogen and oxygen atoms in total. The molecule has 1 rings (SSSR count). The Bertz CT molecular complexity index is 361. The van der Waals surface area contributed by atoms with Crippen molar-refractivity contribution in [1.29, 1.82) is 0 Å². The lowest BCUT2D eigenvalue weighted by molar-refractivity contribution is 0.321. The summed E-state index contributed by atoms with van der Waals surface area (Å²) >= 11 is 5.98. The molecule has 0 aliphatic rings. The van der Waals surface area contributed by atoms with E-state index < -0.39 is 5.82 Å². The Kier molecular flexibility index (Phi) is 5.22. The quantitative estimate of drug-likeness (QED) is 0.870. The van der Waals surface area contributed by atoms with E-state index in [2.05, 4.69) is 6.92 Å². The second-order valence-electron chi connectivity index (χ2n) is 4.16. The van der Waals surface area contributed by atoms with Crippen LogP contribution in [0, 0.1) is 11.7 Å². The van der Waals surface area contributed by atoms with Gasteiger partial charge in [0.05, 0.1) is 11.6 Å². The number of rotatable bonds is 5. The van der Waals surface area contributed by atoms with Crippen LogP contribution in [0.5, 0.6) is 5.75 Å². The molecule has 0 heterocycles. The maximum absolute atomic E-state index is 13.8. The Morgan fingerprint density at radius 1 is 1.41 bits per heavy atom. The minimum atomic E-state index is -0.451. The highest BCUT2D eigenvalue weighted by Crippen LogP contribution is 2.33. The third kappa shape index (κ3) is 3.33. The van der Waals surface area contributed by atoms with Crippen molar-refractivity contribution in [3.63, 3.8) is 0 Å². The molecule has 1 aromatic carbocycles. The molecule has 0 saturated heterocycles. The van der Waals surface area contributed by atoms with Crippen LogP contribution in [-0.2, 0) is 0 Å². The van der Waals surface area contributed by atoms with Gasteiger partial charge in [-0.1, -0.05) is 31.9 Å². The Morgan fingerprint density at radius 2 is 2.06 bits per heavy atom. The number of halogens is 2. The van der Waals surface area contributed by atoms with E-state index in [-0.39, 0.29) is 22.7 Å². The summed E-state index contributed by atoms with van der Waals surface area (Å²) in [5, 5.41) is 0.278. The molecule has 0 aliphatic heterocycles. The first-order chi connectivity index (χ1) is 8.01. The van der Waals surface area contributed by atoms with E-state index in [1.54, 1.807) is 13.0 Å². The monoisotopic (exact) mass is 259 g/mol. The van der Waals surface area contributed by atoms with Crippen LogP contribution in [0.25, 0.3) is 0 Å². The van der Waals surface area contributed by atoms with Crippen molar-refractivity contribution in [2.75, 3.05) is 6.61 Å². The van der Waals surface area contributed by atoms with Crippen molar-refractivity contribution in [2.24, 2.45) is 11.7 Å². The summed E-state index contributed by atoms with van der Waals surface area (Å²) in [6.45, 7) is 6.26. The maximum atomic E-state index is 13.8. The molecule has 0 radical (unpaired) electrons. The molecule has 0 spiro atoms. The summed E-state index contributed by atoms with van der Waals surface area (Å²) in [4.78, 5) is 0. The van der Waals surface area contributed by atoms with Gasteiger partial charge in [0.15, 0.2) is 11.6 Å². The van der Waals surface area contributed by atoms with Crippen LogP contribution in [0.3, 0.4) is 0 Å².